The lowest BCUT2D eigenvalue weighted by molar-refractivity contribution is 0.349. The molecule has 68 valence electrons. The van der Waals surface area contributed by atoms with E-state index in [4.69, 9.17) is 0 Å². The quantitative estimate of drug-likeness (QED) is 0.632. The number of hydrogen-bond donors (Lipinski definition) is 0. The molecule has 2 unspecified atom stereocenters. The van der Waals surface area contributed by atoms with Gasteiger partial charge in [-0.2, -0.15) is 0 Å². The summed E-state index contributed by atoms with van der Waals surface area (Å²) in [4.78, 5) is 8.27. The Hall–Kier alpha value is -1.18. The fraction of sp³-hybridized carbons (Fsp3) is 0.455. The molecule has 13 heavy (non-hydrogen) atoms. The molecule has 0 aromatic carbocycles. The van der Waals surface area contributed by atoms with Gasteiger partial charge in [-0.25, -0.2) is 0 Å². The van der Waals surface area contributed by atoms with E-state index in [2.05, 4.69) is 29.7 Å². The third kappa shape index (κ3) is 1.37. The van der Waals surface area contributed by atoms with E-state index in [0.717, 1.165) is 0 Å². The van der Waals surface area contributed by atoms with Gasteiger partial charge in [-0.05, 0) is 43.7 Å². The van der Waals surface area contributed by atoms with Gasteiger partial charge in [-0.3, -0.25) is 9.98 Å². The van der Waals surface area contributed by atoms with Gasteiger partial charge in [0.2, 0.25) is 0 Å². The van der Waals surface area contributed by atoms with Crippen molar-refractivity contribution in [3.05, 3.63) is 29.6 Å². The molecule has 0 amide bonds. The highest BCUT2D eigenvalue weighted by atomic mass is 14.8. The summed E-state index contributed by atoms with van der Waals surface area (Å²) in [6, 6.07) is 2.50. The Bertz CT molecular complexity index is 320. The minimum Gasteiger partial charge on any atom is -0.297 e. The van der Waals surface area contributed by atoms with E-state index in [9.17, 15) is 0 Å². The van der Waals surface area contributed by atoms with Crippen LogP contribution in [-0.2, 0) is 0 Å². The van der Waals surface area contributed by atoms with E-state index >= 15 is 0 Å². The molecule has 0 N–H and O–H groups in total. The van der Waals surface area contributed by atoms with Gasteiger partial charge in [-0.15, -0.1) is 0 Å². The number of aromatic nitrogens is 1. The second-order valence-corrected chi connectivity index (χ2v) is 3.67. The third-order valence-electron chi connectivity index (χ3n) is 2.95. The van der Waals surface area contributed by atoms with Crippen molar-refractivity contribution in [3.8, 4) is 0 Å². The molecule has 1 aliphatic carbocycles. The summed E-state index contributed by atoms with van der Waals surface area (Å²) in [5.74, 6) is 0.575. The molecule has 2 atom stereocenters. The van der Waals surface area contributed by atoms with E-state index in [0.29, 0.717) is 12.0 Å². The molecule has 0 saturated heterocycles. The van der Waals surface area contributed by atoms with Crippen LogP contribution in [0.2, 0.25) is 0 Å². The van der Waals surface area contributed by atoms with Gasteiger partial charge in [0.25, 0.3) is 0 Å². The number of rotatable bonds is 2. The van der Waals surface area contributed by atoms with Crippen molar-refractivity contribution in [3.63, 3.8) is 0 Å². The molecule has 2 nitrogen and oxygen atoms in total. The Kier molecular flexibility index (Phi) is 2.13. The number of hydrogen-bond acceptors (Lipinski definition) is 2. The Morgan fingerprint density at radius 3 is 2.92 bits per heavy atom. The number of aryl methyl sites for hydroxylation is 1. The zero-order valence-electron chi connectivity index (χ0n) is 7.90. The second-order valence-electron chi connectivity index (χ2n) is 3.67. The largest absolute Gasteiger partial charge is 0.297 e. The predicted molar refractivity (Wildman–Crippen MR) is 54.3 cm³/mol. The molecule has 0 aliphatic heterocycles. The molecule has 1 aromatic rings. The van der Waals surface area contributed by atoms with Crippen LogP contribution in [0, 0.1) is 6.92 Å². The number of aliphatic imine (C=N–C) groups is 1. The van der Waals surface area contributed by atoms with Crippen LogP contribution in [0.15, 0.2) is 23.5 Å². The van der Waals surface area contributed by atoms with Gasteiger partial charge < -0.3 is 0 Å². The molecule has 0 spiro atoms. The van der Waals surface area contributed by atoms with Crippen molar-refractivity contribution in [2.24, 2.45) is 4.99 Å². The lowest BCUT2D eigenvalue weighted by Gasteiger charge is -2.34. The Balaban J connectivity index is 2.25. The van der Waals surface area contributed by atoms with E-state index in [1.807, 2.05) is 12.4 Å². The molecule has 1 aliphatic rings. The van der Waals surface area contributed by atoms with E-state index in [1.54, 1.807) is 0 Å². The van der Waals surface area contributed by atoms with Crippen molar-refractivity contribution < 1.29 is 0 Å². The van der Waals surface area contributed by atoms with E-state index in [1.165, 1.54) is 24.0 Å². The molecule has 0 bridgehead atoms. The molecule has 1 aromatic heterocycles. The summed E-state index contributed by atoms with van der Waals surface area (Å²) in [5.41, 5.74) is 2.68. The summed E-state index contributed by atoms with van der Waals surface area (Å²) >= 11 is 0. The van der Waals surface area contributed by atoms with E-state index in [-0.39, 0.29) is 0 Å². The van der Waals surface area contributed by atoms with Gasteiger partial charge in [0.1, 0.15) is 0 Å². The minimum atomic E-state index is 0.433. The fourth-order valence-corrected chi connectivity index (χ4v) is 1.93. The zero-order valence-corrected chi connectivity index (χ0v) is 7.90. The SMILES string of the molecule is C=NC1CCC1c1cnccc1C. The molecule has 2 heteroatoms. The van der Waals surface area contributed by atoms with Crippen LogP contribution >= 0.6 is 0 Å². The average molecular weight is 174 g/mol. The first-order chi connectivity index (χ1) is 6.33. The van der Waals surface area contributed by atoms with Crippen LogP contribution in [-0.4, -0.2) is 17.7 Å². The molecular formula is C11H14N2. The van der Waals surface area contributed by atoms with Crippen LogP contribution in [0.25, 0.3) is 0 Å². The van der Waals surface area contributed by atoms with Crippen molar-refractivity contribution >= 4 is 6.72 Å². The monoisotopic (exact) mass is 174 g/mol. The predicted octanol–water partition coefficient (Wildman–Crippen LogP) is 2.34. The van der Waals surface area contributed by atoms with Crippen molar-refractivity contribution in [2.75, 3.05) is 0 Å². The van der Waals surface area contributed by atoms with Crippen molar-refractivity contribution in [2.45, 2.75) is 31.7 Å². The lowest BCUT2D eigenvalue weighted by Crippen LogP contribution is -2.28. The van der Waals surface area contributed by atoms with Crippen LogP contribution in [0.5, 0.6) is 0 Å². The summed E-state index contributed by atoms with van der Waals surface area (Å²) in [7, 11) is 0. The highest BCUT2D eigenvalue weighted by Gasteiger charge is 2.31. The van der Waals surface area contributed by atoms with Crippen LogP contribution in [0.1, 0.15) is 29.9 Å². The summed E-state index contributed by atoms with van der Waals surface area (Å²) < 4.78 is 0. The Morgan fingerprint density at radius 1 is 1.54 bits per heavy atom. The number of nitrogens with zero attached hydrogens (tertiary/aromatic N) is 2. The van der Waals surface area contributed by atoms with E-state index < -0.39 is 0 Å². The average Bonchev–Trinajstić information content (AvgIpc) is 2.08. The van der Waals surface area contributed by atoms with Crippen LogP contribution in [0.3, 0.4) is 0 Å². The lowest BCUT2D eigenvalue weighted by atomic mass is 9.75. The molecule has 2 rings (SSSR count). The second kappa shape index (κ2) is 3.29. The molecule has 0 radical (unpaired) electrons. The third-order valence-corrected chi connectivity index (χ3v) is 2.95. The maximum atomic E-state index is 4.16. The normalized spacial score (nSPS) is 26.5. The fourth-order valence-electron chi connectivity index (χ4n) is 1.93. The first-order valence-corrected chi connectivity index (χ1v) is 4.69. The maximum Gasteiger partial charge on any atom is 0.0561 e. The minimum absolute atomic E-state index is 0.433. The van der Waals surface area contributed by atoms with Crippen LogP contribution in [0.4, 0.5) is 0 Å². The van der Waals surface area contributed by atoms with Crippen molar-refractivity contribution in [1.82, 2.24) is 4.98 Å². The van der Waals surface area contributed by atoms with Crippen molar-refractivity contribution in [1.29, 1.82) is 0 Å². The smallest absolute Gasteiger partial charge is 0.0561 e. The van der Waals surface area contributed by atoms with Gasteiger partial charge in [0.15, 0.2) is 0 Å². The molecule has 1 heterocycles. The highest BCUT2D eigenvalue weighted by Crippen LogP contribution is 2.39. The van der Waals surface area contributed by atoms with Gasteiger partial charge >= 0.3 is 0 Å². The molecule has 1 fully saturated rings. The van der Waals surface area contributed by atoms with Gasteiger partial charge in [0, 0.05) is 18.3 Å². The van der Waals surface area contributed by atoms with Gasteiger partial charge in [0.05, 0.1) is 6.04 Å². The zero-order chi connectivity index (χ0) is 9.26. The standard InChI is InChI=1S/C11H14N2/c1-8-5-6-13-7-10(8)9-3-4-11(9)12-2/h5-7,9,11H,2-4H2,1H3. The highest BCUT2D eigenvalue weighted by molar-refractivity contribution is 5.32. The first kappa shape index (κ1) is 8.42. The van der Waals surface area contributed by atoms with Gasteiger partial charge in [-0.1, -0.05) is 0 Å². The van der Waals surface area contributed by atoms with Crippen LogP contribution < -0.4 is 0 Å². The summed E-state index contributed by atoms with van der Waals surface area (Å²) in [5, 5.41) is 0. The Labute approximate surface area is 78.7 Å². The summed E-state index contributed by atoms with van der Waals surface area (Å²) in [6.45, 7) is 5.75. The topological polar surface area (TPSA) is 25.2 Å². The molecular weight excluding hydrogens is 160 g/mol. The first-order valence-electron chi connectivity index (χ1n) is 4.69. The molecule has 1 saturated carbocycles. The Morgan fingerprint density at radius 2 is 2.38 bits per heavy atom. The number of pyridine rings is 1. The summed E-state index contributed by atoms with van der Waals surface area (Å²) in [6.07, 6.45) is 6.23. The maximum absolute atomic E-state index is 4.16.